The monoisotopic (exact) mass is 500 g/mol. The molecule has 0 aliphatic heterocycles. The first-order chi connectivity index (χ1) is 16.2. The smallest absolute Gasteiger partial charge is 0.321 e. The number of aromatic nitrogens is 2. The molecule has 1 aliphatic carbocycles. The fourth-order valence-electron chi connectivity index (χ4n) is 3.87. The summed E-state index contributed by atoms with van der Waals surface area (Å²) in [7, 11) is 0. The van der Waals surface area contributed by atoms with E-state index in [-0.39, 0.29) is 11.3 Å². The van der Waals surface area contributed by atoms with Crippen molar-refractivity contribution in [2.24, 2.45) is 0 Å². The Hall–Kier alpha value is -2.85. The van der Waals surface area contributed by atoms with Crippen LogP contribution < -0.4 is 20.9 Å². The highest BCUT2D eigenvalue weighted by molar-refractivity contribution is 7.99. The van der Waals surface area contributed by atoms with Gasteiger partial charge in [0.2, 0.25) is 5.91 Å². The van der Waals surface area contributed by atoms with Crippen molar-refractivity contribution >= 4 is 45.3 Å². The van der Waals surface area contributed by atoms with E-state index in [1.54, 1.807) is 15.9 Å². The molecule has 1 aromatic carbocycles. The molecule has 0 spiro atoms. The second-order valence-electron chi connectivity index (χ2n) is 9.04. The Morgan fingerprint density at radius 3 is 2.62 bits per heavy atom. The lowest BCUT2D eigenvalue weighted by Crippen LogP contribution is -2.48. The van der Waals surface area contributed by atoms with Crippen LogP contribution in [0.3, 0.4) is 0 Å². The topological polar surface area (TPSA) is 102 Å². The van der Waals surface area contributed by atoms with E-state index in [2.05, 4.69) is 10.6 Å². The summed E-state index contributed by atoms with van der Waals surface area (Å²) in [5, 5.41) is 6.11. The number of carbonyl (C=O) groups is 2. The highest BCUT2D eigenvalue weighted by atomic mass is 32.2. The van der Waals surface area contributed by atoms with Gasteiger partial charge in [0.1, 0.15) is 10.6 Å². The number of nitrogens with zero attached hydrogens (tertiary/aromatic N) is 2. The lowest BCUT2D eigenvalue weighted by molar-refractivity contribution is -0.117. The molecule has 0 fully saturated rings. The lowest BCUT2D eigenvalue weighted by atomic mass is 10.1. The normalized spacial score (nSPS) is 13.1. The fraction of sp³-hybridized carbons (Fsp3) is 0.417. The number of amides is 3. The van der Waals surface area contributed by atoms with Crippen molar-refractivity contribution < 1.29 is 14.3 Å². The lowest BCUT2D eigenvalue weighted by Gasteiger charge is -2.20. The summed E-state index contributed by atoms with van der Waals surface area (Å²) in [5.74, 6) is 0.189. The zero-order valence-corrected chi connectivity index (χ0v) is 21.3. The van der Waals surface area contributed by atoms with Crippen molar-refractivity contribution in [3.05, 3.63) is 45.1 Å². The average molecular weight is 501 g/mol. The molecule has 0 unspecified atom stereocenters. The fourth-order valence-corrected chi connectivity index (χ4v) is 5.99. The van der Waals surface area contributed by atoms with Crippen molar-refractivity contribution in [1.29, 1.82) is 0 Å². The Labute approximate surface area is 206 Å². The molecule has 0 bridgehead atoms. The molecule has 2 heterocycles. The predicted octanol–water partition coefficient (Wildman–Crippen LogP) is 4.05. The third-order valence-corrected chi connectivity index (χ3v) is 7.31. The Balaban J connectivity index is 1.66. The van der Waals surface area contributed by atoms with Gasteiger partial charge in [-0.3, -0.25) is 19.5 Å². The zero-order chi connectivity index (χ0) is 24.5. The Kier molecular flexibility index (Phi) is 6.99. The number of urea groups is 1. The van der Waals surface area contributed by atoms with Crippen molar-refractivity contribution in [3.63, 3.8) is 0 Å². The minimum absolute atomic E-state index is 0.0579. The molecule has 3 amide bonds. The summed E-state index contributed by atoms with van der Waals surface area (Å²) in [6.07, 6.45) is 2.90. The maximum atomic E-state index is 13.7. The molecule has 0 radical (unpaired) electrons. The summed E-state index contributed by atoms with van der Waals surface area (Å²) < 4.78 is 7.08. The molecule has 4 rings (SSSR count). The Morgan fingerprint density at radius 2 is 1.94 bits per heavy atom. The van der Waals surface area contributed by atoms with Gasteiger partial charge in [0.25, 0.3) is 5.56 Å². The van der Waals surface area contributed by atoms with Gasteiger partial charge in [0, 0.05) is 10.4 Å². The number of hydrogen-bond donors (Lipinski definition) is 2. The summed E-state index contributed by atoms with van der Waals surface area (Å²) in [6, 6.07) is 6.69. The molecule has 8 nitrogen and oxygen atoms in total. The van der Waals surface area contributed by atoms with Crippen LogP contribution in [0.4, 0.5) is 4.79 Å². The number of imide groups is 1. The van der Waals surface area contributed by atoms with Gasteiger partial charge in [-0.2, -0.15) is 0 Å². The van der Waals surface area contributed by atoms with E-state index in [1.165, 1.54) is 4.88 Å². The highest BCUT2D eigenvalue weighted by Gasteiger charge is 2.24. The number of nitrogens with one attached hydrogen (secondary N) is 2. The van der Waals surface area contributed by atoms with Gasteiger partial charge in [-0.15, -0.1) is 11.3 Å². The Bertz CT molecular complexity index is 1290. The second-order valence-corrected chi connectivity index (χ2v) is 11.1. The van der Waals surface area contributed by atoms with Crippen LogP contribution in [-0.4, -0.2) is 39.4 Å². The largest absolute Gasteiger partial charge is 0.494 e. The van der Waals surface area contributed by atoms with Crippen LogP contribution in [0.1, 0.15) is 44.6 Å². The minimum atomic E-state index is -0.555. The van der Waals surface area contributed by atoms with Crippen molar-refractivity contribution in [2.45, 2.75) is 57.7 Å². The number of fused-ring (bicyclic) bond motifs is 3. The highest BCUT2D eigenvalue weighted by Crippen LogP contribution is 2.36. The molecule has 3 aromatic rings. The molecule has 0 atom stereocenters. The number of thioether (sulfide) groups is 1. The van der Waals surface area contributed by atoms with Crippen LogP contribution >= 0.6 is 23.1 Å². The molecular formula is C24H28N4O4S2. The van der Waals surface area contributed by atoms with E-state index in [0.29, 0.717) is 33.4 Å². The van der Waals surface area contributed by atoms with E-state index in [1.807, 2.05) is 52.0 Å². The molecule has 34 heavy (non-hydrogen) atoms. The average Bonchev–Trinajstić information content (AvgIpc) is 3.33. The van der Waals surface area contributed by atoms with Gasteiger partial charge < -0.3 is 10.1 Å². The van der Waals surface area contributed by atoms with Crippen LogP contribution in [0, 0.1) is 0 Å². The number of hydrogen-bond acceptors (Lipinski definition) is 7. The van der Waals surface area contributed by atoms with Crippen molar-refractivity contribution in [3.8, 4) is 11.4 Å². The van der Waals surface area contributed by atoms with Gasteiger partial charge in [-0.25, -0.2) is 9.78 Å². The third-order valence-electron chi connectivity index (χ3n) is 5.19. The number of benzene rings is 1. The van der Waals surface area contributed by atoms with Gasteiger partial charge in [-0.05, 0) is 76.8 Å². The van der Waals surface area contributed by atoms with Crippen molar-refractivity contribution in [2.75, 3.05) is 12.4 Å². The first-order valence-electron chi connectivity index (χ1n) is 11.2. The van der Waals surface area contributed by atoms with E-state index in [9.17, 15) is 14.4 Å². The maximum Gasteiger partial charge on any atom is 0.321 e. The van der Waals surface area contributed by atoms with E-state index in [4.69, 9.17) is 9.72 Å². The van der Waals surface area contributed by atoms with Crippen LogP contribution in [0.25, 0.3) is 15.9 Å². The molecule has 10 heteroatoms. The van der Waals surface area contributed by atoms with Crippen molar-refractivity contribution in [1.82, 2.24) is 20.2 Å². The second kappa shape index (κ2) is 9.79. The molecule has 2 N–H and O–H groups in total. The summed E-state index contributed by atoms with van der Waals surface area (Å²) >= 11 is 2.69. The van der Waals surface area contributed by atoms with Crippen LogP contribution in [0.5, 0.6) is 5.75 Å². The first kappa shape index (κ1) is 24.3. The maximum absolute atomic E-state index is 13.7. The standard InChI is InChI=1S/C24H28N4O4S2/c1-5-32-15-11-9-14(10-12-15)28-21(30)19-16-7-6-8-17(16)34-20(19)26-23(28)33-13-18(29)25-22(31)27-24(2,3)4/h9-12H,5-8,13H2,1-4H3,(H2,25,27,29,31). The predicted molar refractivity (Wildman–Crippen MR) is 136 cm³/mol. The molecule has 0 saturated heterocycles. The number of aryl methyl sites for hydroxylation is 2. The van der Waals surface area contributed by atoms with Crippen LogP contribution in [-0.2, 0) is 17.6 Å². The molecule has 2 aromatic heterocycles. The summed E-state index contributed by atoms with van der Waals surface area (Å²) in [4.78, 5) is 44.8. The van der Waals surface area contributed by atoms with Gasteiger partial charge in [-0.1, -0.05) is 11.8 Å². The summed E-state index contributed by atoms with van der Waals surface area (Å²) in [5.41, 5.74) is 1.15. The first-order valence-corrected chi connectivity index (χ1v) is 13.0. The number of thiophene rings is 1. The third kappa shape index (κ3) is 5.28. The van der Waals surface area contributed by atoms with E-state index < -0.39 is 17.5 Å². The minimum Gasteiger partial charge on any atom is -0.494 e. The molecule has 0 saturated carbocycles. The Morgan fingerprint density at radius 1 is 1.21 bits per heavy atom. The zero-order valence-electron chi connectivity index (χ0n) is 19.7. The van der Waals surface area contributed by atoms with Crippen LogP contribution in [0.2, 0.25) is 0 Å². The quantitative estimate of drug-likeness (QED) is 0.391. The number of rotatable bonds is 6. The number of ether oxygens (including phenoxy) is 1. The van der Waals surface area contributed by atoms with Crippen LogP contribution in [0.15, 0.2) is 34.2 Å². The number of carbonyl (C=O) groups excluding carboxylic acids is 2. The SMILES string of the molecule is CCOc1ccc(-n2c(SCC(=O)NC(=O)NC(C)(C)C)nc3sc4c(c3c2=O)CCC4)cc1. The van der Waals surface area contributed by atoms with E-state index >= 15 is 0 Å². The van der Waals surface area contributed by atoms with E-state index in [0.717, 1.165) is 36.6 Å². The van der Waals surface area contributed by atoms with Gasteiger partial charge >= 0.3 is 6.03 Å². The molecule has 180 valence electrons. The molecular weight excluding hydrogens is 472 g/mol. The molecule has 1 aliphatic rings. The van der Waals surface area contributed by atoms with Gasteiger partial charge in [0.05, 0.1) is 23.4 Å². The van der Waals surface area contributed by atoms with Gasteiger partial charge in [0.15, 0.2) is 5.16 Å². The summed E-state index contributed by atoms with van der Waals surface area (Å²) in [6.45, 7) is 7.96.